The highest BCUT2D eigenvalue weighted by molar-refractivity contribution is 7.15. The standard InChI is InChI=1S/C24H25ClN4O4S/c1-32-19-8-3-15(13-20(19)33-2)14-21-27-28-24(34-21)26-22(30)16-9-11-29(12-10-16)23(31)17-4-6-18(25)7-5-17/h3-8,13,16H,9-12,14H2,1-2H3,(H,26,28,30). The van der Waals surface area contributed by atoms with Crippen LogP contribution in [0.15, 0.2) is 42.5 Å². The number of hydrogen-bond donors (Lipinski definition) is 1. The predicted molar refractivity (Wildman–Crippen MR) is 131 cm³/mol. The number of hydrogen-bond acceptors (Lipinski definition) is 7. The average Bonchev–Trinajstić information content (AvgIpc) is 3.30. The molecule has 0 atom stereocenters. The quantitative estimate of drug-likeness (QED) is 0.520. The Morgan fingerprint density at radius 3 is 2.44 bits per heavy atom. The number of nitrogens with zero attached hydrogens (tertiary/aromatic N) is 3. The van der Waals surface area contributed by atoms with Crippen molar-refractivity contribution in [2.75, 3.05) is 32.6 Å². The third kappa shape index (κ3) is 5.66. The molecule has 0 unspecified atom stereocenters. The number of benzene rings is 2. The van der Waals surface area contributed by atoms with E-state index in [-0.39, 0.29) is 17.7 Å². The fourth-order valence-corrected chi connectivity index (χ4v) is 4.77. The van der Waals surface area contributed by atoms with Crippen LogP contribution >= 0.6 is 22.9 Å². The van der Waals surface area contributed by atoms with Crippen LogP contribution in [0.2, 0.25) is 5.02 Å². The zero-order chi connectivity index (χ0) is 24.1. The molecule has 0 spiro atoms. The third-order valence-electron chi connectivity index (χ3n) is 5.74. The minimum Gasteiger partial charge on any atom is -0.493 e. The van der Waals surface area contributed by atoms with Gasteiger partial charge in [0.2, 0.25) is 11.0 Å². The Bertz CT molecular complexity index is 1160. The minimum absolute atomic E-state index is 0.0422. The first-order valence-corrected chi connectivity index (χ1v) is 12.0. The molecule has 2 heterocycles. The van der Waals surface area contributed by atoms with Crippen molar-refractivity contribution < 1.29 is 19.1 Å². The van der Waals surface area contributed by atoms with E-state index in [1.54, 1.807) is 43.4 Å². The Hall–Kier alpha value is -3.17. The Labute approximate surface area is 206 Å². The number of ether oxygens (including phenoxy) is 2. The second kappa shape index (κ2) is 10.8. The summed E-state index contributed by atoms with van der Waals surface area (Å²) in [5.41, 5.74) is 1.60. The van der Waals surface area contributed by atoms with Crippen molar-refractivity contribution in [1.29, 1.82) is 0 Å². The summed E-state index contributed by atoms with van der Waals surface area (Å²) in [6.07, 6.45) is 1.77. The van der Waals surface area contributed by atoms with Gasteiger partial charge in [-0.15, -0.1) is 10.2 Å². The normalized spacial score (nSPS) is 14.0. The molecular formula is C24H25ClN4O4S. The van der Waals surface area contributed by atoms with Gasteiger partial charge in [0.15, 0.2) is 11.5 Å². The van der Waals surface area contributed by atoms with Crippen LogP contribution in [0.5, 0.6) is 11.5 Å². The molecule has 34 heavy (non-hydrogen) atoms. The van der Waals surface area contributed by atoms with Gasteiger partial charge in [0.05, 0.1) is 14.2 Å². The van der Waals surface area contributed by atoms with E-state index < -0.39 is 0 Å². The van der Waals surface area contributed by atoms with Crippen LogP contribution in [-0.2, 0) is 11.2 Å². The van der Waals surface area contributed by atoms with Crippen molar-refractivity contribution in [1.82, 2.24) is 15.1 Å². The van der Waals surface area contributed by atoms with Crippen LogP contribution in [0.25, 0.3) is 0 Å². The van der Waals surface area contributed by atoms with Crippen LogP contribution in [0.4, 0.5) is 5.13 Å². The monoisotopic (exact) mass is 500 g/mol. The number of methoxy groups -OCH3 is 2. The average molecular weight is 501 g/mol. The van der Waals surface area contributed by atoms with Crippen LogP contribution < -0.4 is 14.8 Å². The van der Waals surface area contributed by atoms with Crippen LogP contribution in [-0.4, -0.2) is 54.2 Å². The van der Waals surface area contributed by atoms with Crippen LogP contribution in [0.3, 0.4) is 0 Å². The van der Waals surface area contributed by atoms with Crippen molar-refractivity contribution >= 4 is 39.9 Å². The summed E-state index contributed by atoms with van der Waals surface area (Å²) in [6.45, 7) is 1.06. The zero-order valence-electron chi connectivity index (χ0n) is 18.9. The van der Waals surface area contributed by atoms with Crippen molar-refractivity contribution in [2.45, 2.75) is 19.3 Å². The van der Waals surface area contributed by atoms with Crippen molar-refractivity contribution in [2.24, 2.45) is 5.92 Å². The Balaban J connectivity index is 1.29. The van der Waals surface area contributed by atoms with Gasteiger partial charge in [0.1, 0.15) is 5.01 Å². The second-order valence-corrected chi connectivity index (χ2v) is 9.43. The first-order valence-electron chi connectivity index (χ1n) is 10.9. The maximum absolute atomic E-state index is 12.8. The van der Waals surface area contributed by atoms with Crippen LogP contribution in [0, 0.1) is 5.92 Å². The van der Waals surface area contributed by atoms with Gasteiger partial charge in [-0.2, -0.15) is 0 Å². The summed E-state index contributed by atoms with van der Waals surface area (Å²) >= 11 is 7.25. The summed E-state index contributed by atoms with van der Waals surface area (Å²) in [5.74, 6) is 1.01. The van der Waals surface area contributed by atoms with E-state index in [1.807, 2.05) is 18.2 Å². The van der Waals surface area contributed by atoms with E-state index >= 15 is 0 Å². The minimum atomic E-state index is -0.174. The van der Waals surface area contributed by atoms with Crippen molar-refractivity contribution in [3.05, 3.63) is 63.6 Å². The molecule has 8 nitrogen and oxygen atoms in total. The van der Waals surface area contributed by atoms with E-state index in [0.29, 0.717) is 59.6 Å². The summed E-state index contributed by atoms with van der Waals surface area (Å²) in [4.78, 5) is 27.2. The number of likely N-dealkylation sites (tertiary alicyclic amines) is 1. The lowest BCUT2D eigenvalue weighted by molar-refractivity contribution is -0.121. The molecule has 0 aliphatic carbocycles. The Morgan fingerprint density at radius 2 is 1.76 bits per heavy atom. The van der Waals surface area contributed by atoms with Gasteiger partial charge in [0.25, 0.3) is 5.91 Å². The van der Waals surface area contributed by atoms with E-state index in [9.17, 15) is 9.59 Å². The second-order valence-electron chi connectivity index (χ2n) is 7.93. The van der Waals surface area contributed by atoms with Gasteiger partial charge in [-0.25, -0.2) is 0 Å². The topological polar surface area (TPSA) is 93.7 Å². The van der Waals surface area contributed by atoms with E-state index in [4.69, 9.17) is 21.1 Å². The number of amides is 2. The first-order chi connectivity index (χ1) is 16.5. The van der Waals surface area contributed by atoms with E-state index in [0.717, 1.165) is 10.6 Å². The molecule has 0 saturated carbocycles. The molecule has 1 aromatic heterocycles. The van der Waals surface area contributed by atoms with Crippen molar-refractivity contribution in [3.63, 3.8) is 0 Å². The number of piperidine rings is 1. The molecule has 0 radical (unpaired) electrons. The predicted octanol–water partition coefficient (Wildman–Crippen LogP) is 4.29. The molecule has 3 aromatic rings. The smallest absolute Gasteiger partial charge is 0.253 e. The maximum atomic E-state index is 12.8. The van der Waals surface area contributed by atoms with Gasteiger partial charge in [0, 0.05) is 36.0 Å². The molecule has 0 bridgehead atoms. The fourth-order valence-electron chi connectivity index (χ4n) is 3.87. The Kier molecular flexibility index (Phi) is 7.64. The molecule has 4 rings (SSSR count). The van der Waals surface area contributed by atoms with Gasteiger partial charge < -0.3 is 19.7 Å². The van der Waals surface area contributed by atoms with E-state index in [1.165, 1.54) is 11.3 Å². The van der Waals surface area contributed by atoms with Gasteiger partial charge in [-0.05, 0) is 54.8 Å². The molecule has 10 heteroatoms. The highest BCUT2D eigenvalue weighted by Gasteiger charge is 2.28. The summed E-state index contributed by atoms with van der Waals surface area (Å²) < 4.78 is 10.6. The lowest BCUT2D eigenvalue weighted by Gasteiger charge is -2.31. The number of anilines is 1. The molecule has 1 aliphatic heterocycles. The largest absolute Gasteiger partial charge is 0.493 e. The molecule has 2 amide bonds. The van der Waals surface area contributed by atoms with Crippen molar-refractivity contribution in [3.8, 4) is 11.5 Å². The molecule has 1 fully saturated rings. The molecule has 2 aromatic carbocycles. The van der Waals surface area contributed by atoms with E-state index in [2.05, 4.69) is 15.5 Å². The number of rotatable bonds is 7. The number of carbonyl (C=O) groups is 2. The number of carbonyl (C=O) groups excluding carboxylic acids is 2. The lowest BCUT2D eigenvalue weighted by Crippen LogP contribution is -2.41. The molecular weight excluding hydrogens is 476 g/mol. The maximum Gasteiger partial charge on any atom is 0.253 e. The summed E-state index contributed by atoms with van der Waals surface area (Å²) in [7, 11) is 3.19. The fraction of sp³-hybridized carbons (Fsp3) is 0.333. The molecule has 1 saturated heterocycles. The number of nitrogens with one attached hydrogen (secondary N) is 1. The molecule has 1 aliphatic rings. The highest BCUT2D eigenvalue weighted by Crippen LogP contribution is 2.29. The highest BCUT2D eigenvalue weighted by atomic mass is 35.5. The summed E-state index contributed by atoms with van der Waals surface area (Å²) in [5, 5.41) is 13.1. The summed E-state index contributed by atoms with van der Waals surface area (Å²) in [6, 6.07) is 12.5. The van der Waals surface area contributed by atoms with Gasteiger partial charge in [-0.1, -0.05) is 29.0 Å². The van der Waals surface area contributed by atoms with Gasteiger partial charge >= 0.3 is 0 Å². The first kappa shape index (κ1) is 24.0. The molecule has 1 N–H and O–H groups in total. The lowest BCUT2D eigenvalue weighted by atomic mass is 9.95. The number of aromatic nitrogens is 2. The van der Waals surface area contributed by atoms with Crippen LogP contribution in [0.1, 0.15) is 33.8 Å². The number of halogens is 1. The molecule has 178 valence electrons. The Morgan fingerprint density at radius 1 is 1.06 bits per heavy atom. The SMILES string of the molecule is COc1ccc(Cc2nnc(NC(=O)C3CCN(C(=O)c4ccc(Cl)cc4)CC3)s2)cc1OC. The van der Waals surface area contributed by atoms with Gasteiger partial charge in [-0.3, -0.25) is 9.59 Å². The zero-order valence-corrected chi connectivity index (χ0v) is 20.5. The third-order valence-corrected chi connectivity index (χ3v) is 6.84.